The molecule has 0 radical (unpaired) electrons. The van der Waals surface area contributed by atoms with E-state index in [4.69, 9.17) is 16.3 Å². The Balaban J connectivity index is 1.74. The van der Waals surface area contributed by atoms with Crippen LogP contribution in [0.5, 0.6) is 5.75 Å². The summed E-state index contributed by atoms with van der Waals surface area (Å²) in [5.41, 5.74) is 0.244. The van der Waals surface area contributed by atoms with E-state index in [-0.39, 0.29) is 0 Å². The molecular weight excluding hydrogens is 342 g/mol. The van der Waals surface area contributed by atoms with E-state index in [0.717, 1.165) is 12.8 Å². The van der Waals surface area contributed by atoms with Crippen molar-refractivity contribution in [1.82, 2.24) is 15.0 Å². The van der Waals surface area contributed by atoms with Crippen LogP contribution < -0.4 is 21.1 Å². The van der Waals surface area contributed by atoms with Crippen molar-refractivity contribution in [3.05, 3.63) is 33.7 Å². The highest BCUT2D eigenvalue weighted by Crippen LogP contribution is 2.28. The fourth-order valence-electron chi connectivity index (χ4n) is 3.00. The molecule has 1 heterocycles. The molecule has 0 atom stereocenters. The number of benzene rings is 1. The van der Waals surface area contributed by atoms with Crippen molar-refractivity contribution in [3.63, 3.8) is 0 Å². The molecule has 1 saturated carbocycles. The van der Waals surface area contributed by atoms with Crippen LogP contribution in [0, 0.1) is 0 Å². The van der Waals surface area contributed by atoms with Crippen LogP contribution in [0.3, 0.4) is 0 Å². The monoisotopic (exact) mass is 363 g/mol. The summed E-state index contributed by atoms with van der Waals surface area (Å²) in [6.07, 6.45) is 7.06. The maximum Gasteiger partial charge on any atom is 0.351 e. The molecule has 1 aromatic heterocycles. The topological polar surface area (TPSA) is 91.9 Å². The van der Waals surface area contributed by atoms with Crippen LogP contribution in [0.2, 0.25) is 5.02 Å². The predicted octanol–water partition coefficient (Wildman–Crippen LogP) is 3.71. The van der Waals surface area contributed by atoms with Gasteiger partial charge >= 0.3 is 5.69 Å². The quantitative estimate of drug-likeness (QED) is 0.701. The lowest BCUT2D eigenvalue weighted by Gasteiger charge is -2.16. The first-order chi connectivity index (χ1) is 12.1. The van der Waals surface area contributed by atoms with Crippen molar-refractivity contribution in [2.45, 2.75) is 44.6 Å². The van der Waals surface area contributed by atoms with Crippen LogP contribution in [0.25, 0.3) is 0 Å². The summed E-state index contributed by atoms with van der Waals surface area (Å²) in [5, 5.41) is 6.80. The minimum atomic E-state index is -0.451. The molecule has 7 nitrogen and oxygen atoms in total. The number of H-pyrrole nitrogens is 1. The SMILES string of the molecule is COc1ccc(Nc2nc(NC3CCCCCC3)nc(=O)[nH]2)cc1Cl. The van der Waals surface area contributed by atoms with Gasteiger partial charge in [0.15, 0.2) is 0 Å². The molecule has 3 rings (SSSR count). The first-order valence-corrected chi connectivity index (χ1v) is 8.87. The minimum absolute atomic E-state index is 0.313. The van der Waals surface area contributed by atoms with Gasteiger partial charge in [-0.05, 0) is 31.0 Å². The van der Waals surface area contributed by atoms with Crippen molar-refractivity contribution < 1.29 is 4.74 Å². The van der Waals surface area contributed by atoms with Gasteiger partial charge in [-0.1, -0.05) is 37.3 Å². The third-order valence-electron chi connectivity index (χ3n) is 4.25. The third-order valence-corrected chi connectivity index (χ3v) is 4.55. The summed E-state index contributed by atoms with van der Waals surface area (Å²) in [4.78, 5) is 22.7. The number of hydrogen-bond acceptors (Lipinski definition) is 6. The zero-order chi connectivity index (χ0) is 17.6. The van der Waals surface area contributed by atoms with Gasteiger partial charge in [0.1, 0.15) is 5.75 Å². The van der Waals surface area contributed by atoms with Crippen LogP contribution in [0.4, 0.5) is 17.6 Å². The Morgan fingerprint density at radius 3 is 2.64 bits per heavy atom. The Kier molecular flexibility index (Phi) is 5.75. The van der Waals surface area contributed by atoms with E-state index in [2.05, 4.69) is 25.6 Å². The molecule has 1 aromatic carbocycles. The summed E-state index contributed by atoms with van der Waals surface area (Å²) in [7, 11) is 1.56. The molecule has 1 aliphatic carbocycles. The number of nitrogens with one attached hydrogen (secondary N) is 3. The molecule has 3 N–H and O–H groups in total. The summed E-state index contributed by atoms with van der Waals surface area (Å²) in [6, 6.07) is 5.56. The minimum Gasteiger partial charge on any atom is -0.495 e. The average Bonchev–Trinajstić information content (AvgIpc) is 2.83. The summed E-state index contributed by atoms with van der Waals surface area (Å²) >= 11 is 6.12. The highest BCUT2D eigenvalue weighted by molar-refractivity contribution is 6.32. The van der Waals surface area contributed by atoms with Gasteiger partial charge in [-0.2, -0.15) is 9.97 Å². The Labute approximate surface area is 151 Å². The average molecular weight is 364 g/mol. The zero-order valence-electron chi connectivity index (χ0n) is 14.1. The van der Waals surface area contributed by atoms with E-state index in [1.54, 1.807) is 25.3 Å². The van der Waals surface area contributed by atoms with Gasteiger partial charge in [-0.3, -0.25) is 4.98 Å². The number of hydrogen-bond donors (Lipinski definition) is 3. The fourth-order valence-corrected chi connectivity index (χ4v) is 3.25. The van der Waals surface area contributed by atoms with Gasteiger partial charge in [0.25, 0.3) is 0 Å². The number of aromatic nitrogens is 3. The van der Waals surface area contributed by atoms with Crippen molar-refractivity contribution in [3.8, 4) is 5.75 Å². The normalized spacial score (nSPS) is 15.4. The highest BCUT2D eigenvalue weighted by atomic mass is 35.5. The molecular formula is C17H22ClN5O2. The molecule has 0 amide bonds. The second-order valence-corrected chi connectivity index (χ2v) is 6.54. The standard InChI is InChI=1S/C17H22ClN5O2/c1-25-14-9-8-12(10-13(14)18)20-16-21-15(22-17(24)23-16)19-11-6-4-2-3-5-7-11/h8-11H,2-7H2,1H3,(H3,19,20,21,22,23,24). The van der Waals surface area contributed by atoms with Gasteiger partial charge in [0.2, 0.25) is 11.9 Å². The summed E-state index contributed by atoms with van der Waals surface area (Å²) < 4.78 is 5.13. The van der Waals surface area contributed by atoms with Crippen molar-refractivity contribution >= 4 is 29.2 Å². The van der Waals surface area contributed by atoms with E-state index < -0.39 is 5.69 Å². The maximum atomic E-state index is 11.8. The predicted molar refractivity (Wildman–Crippen MR) is 99.1 cm³/mol. The van der Waals surface area contributed by atoms with Crippen LogP contribution in [-0.4, -0.2) is 28.1 Å². The van der Waals surface area contributed by atoms with Gasteiger partial charge in [0, 0.05) is 11.7 Å². The van der Waals surface area contributed by atoms with E-state index in [1.165, 1.54) is 25.7 Å². The second-order valence-electron chi connectivity index (χ2n) is 6.13. The van der Waals surface area contributed by atoms with Crippen molar-refractivity contribution in [1.29, 1.82) is 0 Å². The second kappa shape index (κ2) is 8.20. The molecule has 0 spiro atoms. The Morgan fingerprint density at radius 2 is 1.96 bits per heavy atom. The van der Waals surface area contributed by atoms with Crippen molar-refractivity contribution in [2.24, 2.45) is 0 Å². The first-order valence-electron chi connectivity index (χ1n) is 8.49. The smallest absolute Gasteiger partial charge is 0.351 e. The molecule has 2 aromatic rings. The maximum absolute atomic E-state index is 11.8. The number of aromatic amines is 1. The zero-order valence-corrected chi connectivity index (χ0v) is 14.9. The number of nitrogens with zero attached hydrogens (tertiary/aromatic N) is 2. The Bertz CT molecular complexity index is 772. The molecule has 1 aliphatic rings. The molecule has 25 heavy (non-hydrogen) atoms. The molecule has 0 bridgehead atoms. The number of ether oxygens (including phenoxy) is 1. The van der Waals surface area contributed by atoms with Crippen LogP contribution >= 0.6 is 11.6 Å². The van der Waals surface area contributed by atoms with Crippen LogP contribution in [-0.2, 0) is 0 Å². The lowest BCUT2D eigenvalue weighted by atomic mass is 10.1. The summed E-state index contributed by atoms with van der Waals surface area (Å²) in [5.74, 6) is 1.24. The van der Waals surface area contributed by atoms with Gasteiger partial charge < -0.3 is 15.4 Å². The molecule has 0 aliphatic heterocycles. The number of methoxy groups -OCH3 is 1. The van der Waals surface area contributed by atoms with E-state index in [0.29, 0.717) is 34.4 Å². The number of halogens is 1. The molecule has 1 fully saturated rings. The van der Waals surface area contributed by atoms with E-state index in [1.807, 2.05) is 0 Å². The fraction of sp³-hybridized carbons (Fsp3) is 0.471. The lowest BCUT2D eigenvalue weighted by molar-refractivity contribution is 0.415. The number of rotatable bonds is 5. The van der Waals surface area contributed by atoms with E-state index >= 15 is 0 Å². The molecule has 0 unspecified atom stereocenters. The third kappa shape index (κ3) is 4.85. The molecule has 8 heteroatoms. The van der Waals surface area contributed by atoms with Gasteiger partial charge in [-0.15, -0.1) is 0 Å². The first kappa shape index (κ1) is 17.5. The van der Waals surface area contributed by atoms with Gasteiger partial charge in [0.05, 0.1) is 12.1 Å². The van der Waals surface area contributed by atoms with Gasteiger partial charge in [-0.25, -0.2) is 4.79 Å². The highest BCUT2D eigenvalue weighted by Gasteiger charge is 2.14. The largest absolute Gasteiger partial charge is 0.495 e. The molecule has 0 saturated heterocycles. The van der Waals surface area contributed by atoms with Crippen molar-refractivity contribution in [2.75, 3.05) is 17.7 Å². The van der Waals surface area contributed by atoms with E-state index in [9.17, 15) is 4.79 Å². The van der Waals surface area contributed by atoms with Crippen LogP contribution in [0.15, 0.2) is 23.0 Å². The summed E-state index contributed by atoms with van der Waals surface area (Å²) in [6.45, 7) is 0. The Hall–Kier alpha value is -2.28. The Morgan fingerprint density at radius 1 is 1.20 bits per heavy atom. The number of anilines is 3. The lowest BCUT2D eigenvalue weighted by Crippen LogP contribution is -2.24. The molecule has 134 valence electrons. The van der Waals surface area contributed by atoms with Crippen LogP contribution in [0.1, 0.15) is 38.5 Å².